The van der Waals surface area contributed by atoms with Crippen LogP contribution in [-0.2, 0) is 0 Å². The second-order valence-corrected chi connectivity index (χ2v) is 6.36. The summed E-state index contributed by atoms with van der Waals surface area (Å²) in [6.45, 7) is 1.78. The van der Waals surface area contributed by atoms with Crippen molar-refractivity contribution < 1.29 is 13.6 Å². The van der Waals surface area contributed by atoms with Gasteiger partial charge in [-0.3, -0.25) is 4.79 Å². The zero-order valence-electron chi connectivity index (χ0n) is 15.8. The Hall–Kier alpha value is -4.14. The summed E-state index contributed by atoms with van der Waals surface area (Å²) in [4.78, 5) is 20.9. The van der Waals surface area contributed by atoms with Crippen molar-refractivity contribution in [1.82, 2.24) is 19.7 Å². The lowest BCUT2D eigenvalue weighted by Gasteiger charge is -2.10. The second-order valence-electron chi connectivity index (χ2n) is 6.36. The number of aromatic nitrogens is 4. The van der Waals surface area contributed by atoms with Gasteiger partial charge in [-0.1, -0.05) is 6.07 Å². The number of nitrogens with one attached hydrogen (secondary N) is 2. The van der Waals surface area contributed by atoms with Gasteiger partial charge < -0.3 is 10.6 Å². The molecule has 4 aromatic rings. The van der Waals surface area contributed by atoms with Crippen molar-refractivity contribution in [2.45, 2.75) is 6.92 Å². The number of rotatable bonds is 5. The van der Waals surface area contributed by atoms with Crippen LogP contribution >= 0.6 is 0 Å². The van der Waals surface area contributed by atoms with Crippen LogP contribution in [0.5, 0.6) is 0 Å². The van der Waals surface area contributed by atoms with Crippen molar-refractivity contribution >= 4 is 23.1 Å². The fourth-order valence-corrected chi connectivity index (χ4v) is 2.83. The zero-order valence-corrected chi connectivity index (χ0v) is 15.8. The van der Waals surface area contributed by atoms with Gasteiger partial charge in [0.25, 0.3) is 5.91 Å². The molecule has 30 heavy (non-hydrogen) atoms. The van der Waals surface area contributed by atoms with Crippen molar-refractivity contribution in [2.75, 3.05) is 10.6 Å². The predicted molar refractivity (Wildman–Crippen MR) is 108 cm³/mol. The number of carbonyl (C=O) groups is 1. The van der Waals surface area contributed by atoms with Crippen LogP contribution in [-0.4, -0.2) is 25.7 Å². The maximum atomic E-state index is 13.7. The van der Waals surface area contributed by atoms with Crippen molar-refractivity contribution in [3.8, 4) is 5.82 Å². The van der Waals surface area contributed by atoms with E-state index in [0.717, 1.165) is 12.1 Å². The summed E-state index contributed by atoms with van der Waals surface area (Å²) < 4.78 is 29.1. The first-order chi connectivity index (χ1) is 14.5. The molecule has 2 aromatic carbocycles. The highest BCUT2D eigenvalue weighted by atomic mass is 19.1. The van der Waals surface area contributed by atoms with Crippen molar-refractivity contribution in [3.63, 3.8) is 0 Å². The highest BCUT2D eigenvalue weighted by molar-refractivity contribution is 6.04. The van der Waals surface area contributed by atoms with E-state index in [4.69, 9.17) is 0 Å². The molecule has 0 aliphatic rings. The molecule has 0 aliphatic carbocycles. The maximum Gasteiger partial charge on any atom is 0.261 e. The third-order valence-corrected chi connectivity index (χ3v) is 4.17. The normalized spacial score (nSPS) is 10.6. The summed E-state index contributed by atoms with van der Waals surface area (Å²) in [6, 6.07) is 13.5. The van der Waals surface area contributed by atoms with Crippen LogP contribution in [0.2, 0.25) is 0 Å². The summed E-state index contributed by atoms with van der Waals surface area (Å²) in [5.41, 5.74) is 0.473. The molecule has 7 nitrogen and oxygen atoms in total. The average Bonchev–Trinajstić information content (AvgIpc) is 3.24. The predicted octanol–water partition coefficient (Wildman–Crippen LogP) is 4.24. The fourth-order valence-electron chi connectivity index (χ4n) is 2.83. The van der Waals surface area contributed by atoms with Crippen LogP contribution in [0.25, 0.3) is 5.82 Å². The molecule has 0 atom stereocenters. The quantitative estimate of drug-likeness (QED) is 0.518. The molecule has 4 rings (SSSR count). The molecule has 2 heterocycles. The summed E-state index contributed by atoms with van der Waals surface area (Å²) in [6.07, 6.45) is 3.44. The molecule has 0 radical (unpaired) electrons. The van der Waals surface area contributed by atoms with Crippen LogP contribution in [0.1, 0.15) is 16.2 Å². The molecule has 0 unspecified atom stereocenters. The number of amides is 1. The molecule has 2 aromatic heterocycles. The third-order valence-electron chi connectivity index (χ3n) is 4.17. The van der Waals surface area contributed by atoms with Gasteiger partial charge >= 0.3 is 0 Å². The first-order valence-electron chi connectivity index (χ1n) is 8.98. The number of anilines is 3. The SMILES string of the molecule is Cc1nc(Nc2ccc(NC(=O)c3c(F)cccc3F)cc2)cc(-n2cccn2)n1. The molecule has 9 heteroatoms. The molecule has 150 valence electrons. The number of benzene rings is 2. The van der Waals surface area contributed by atoms with Crippen LogP contribution < -0.4 is 10.6 Å². The Labute approximate surface area is 170 Å². The lowest BCUT2D eigenvalue weighted by molar-refractivity contribution is 0.101. The lowest BCUT2D eigenvalue weighted by Crippen LogP contribution is -2.15. The van der Waals surface area contributed by atoms with Gasteiger partial charge in [-0.2, -0.15) is 5.10 Å². The Kier molecular flexibility index (Phi) is 5.17. The van der Waals surface area contributed by atoms with Gasteiger partial charge in [0, 0.05) is 29.8 Å². The van der Waals surface area contributed by atoms with Crippen LogP contribution in [0.3, 0.4) is 0 Å². The first-order valence-corrected chi connectivity index (χ1v) is 8.98. The third kappa shape index (κ3) is 4.14. The van der Waals surface area contributed by atoms with E-state index < -0.39 is 23.1 Å². The molecule has 0 bridgehead atoms. The van der Waals surface area contributed by atoms with E-state index in [1.807, 2.05) is 0 Å². The Morgan fingerprint density at radius 2 is 1.67 bits per heavy atom. The molecule has 2 N–H and O–H groups in total. The van der Waals surface area contributed by atoms with Gasteiger partial charge in [0.1, 0.15) is 28.8 Å². The summed E-state index contributed by atoms with van der Waals surface area (Å²) >= 11 is 0. The number of hydrogen-bond donors (Lipinski definition) is 2. The Morgan fingerprint density at radius 3 is 2.33 bits per heavy atom. The van der Waals surface area contributed by atoms with Crippen LogP contribution in [0, 0.1) is 18.6 Å². The molecule has 1 amide bonds. The monoisotopic (exact) mass is 406 g/mol. The van der Waals surface area contributed by atoms with Gasteiger partial charge in [0.2, 0.25) is 0 Å². The average molecular weight is 406 g/mol. The van der Waals surface area contributed by atoms with Gasteiger partial charge in [-0.25, -0.2) is 23.4 Å². The summed E-state index contributed by atoms with van der Waals surface area (Å²) in [5.74, 6) is -0.942. The largest absolute Gasteiger partial charge is 0.340 e. The maximum absolute atomic E-state index is 13.7. The first kappa shape index (κ1) is 19.2. The highest BCUT2D eigenvalue weighted by Crippen LogP contribution is 2.20. The van der Waals surface area contributed by atoms with Gasteiger partial charge in [-0.15, -0.1) is 0 Å². The van der Waals surface area contributed by atoms with Gasteiger partial charge in [0.05, 0.1) is 0 Å². The van der Waals surface area contributed by atoms with Gasteiger partial charge in [0.15, 0.2) is 5.82 Å². The number of halogens is 2. The Balaban J connectivity index is 1.49. The minimum absolute atomic E-state index is 0.393. The molecule has 0 aliphatic heterocycles. The fraction of sp³-hybridized carbons (Fsp3) is 0.0476. The van der Waals surface area contributed by atoms with E-state index in [1.165, 1.54) is 6.07 Å². The number of carbonyl (C=O) groups excluding carboxylic acids is 1. The second kappa shape index (κ2) is 8.08. The minimum Gasteiger partial charge on any atom is -0.340 e. The Morgan fingerprint density at radius 1 is 0.967 bits per heavy atom. The molecular formula is C21H16F2N6O. The van der Waals surface area contributed by atoms with Crippen molar-refractivity contribution in [1.29, 1.82) is 0 Å². The van der Waals surface area contributed by atoms with E-state index >= 15 is 0 Å². The molecule has 0 saturated heterocycles. The molecule has 0 fully saturated rings. The zero-order chi connectivity index (χ0) is 21.1. The van der Waals surface area contributed by atoms with E-state index in [0.29, 0.717) is 28.8 Å². The van der Waals surface area contributed by atoms with E-state index in [-0.39, 0.29) is 0 Å². The van der Waals surface area contributed by atoms with E-state index in [1.54, 1.807) is 60.4 Å². The van der Waals surface area contributed by atoms with Gasteiger partial charge in [-0.05, 0) is 49.4 Å². The van der Waals surface area contributed by atoms with E-state index in [9.17, 15) is 13.6 Å². The number of aryl methyl sites for hydroxylation is 1. The van der Waals surface area contributed by atoms with Crippen molar-refractivity contribution in [2.24, 2.45) is 0 Å². The standard InChI is InChI=1S/C21H16F2N6O/c1-13-25-18(12-19(26-13)29-11-3-10-24-29)27-14-6-8-15(9-7-14)28-21(30)20-16(22)4-2-5-17(20)23/h2-12H,1H3,(H,28,30)(H,25,26,27). The molecule has 0 spiro atoms. The van der Waals surface area contributed by atoms with Crippen LogP contribution in [0.15, 0.2) is 67.0 Å². The molecular weight excluding hydrogens is 390 g/mol. The van der Waals surface area contributed by atoms with Crippen molar-refractivity contribution in [3.05, 3.63) is 90.0 Å². The van der Waals surface area contributed by atoms with Crippen LogP contribution in [0.4, 0.5) is 26.0 Å². The molecule has 0 saturated carbocycles. The minimum atomic E-state index is -0.919. The highest BCUT2D eigenvalue weighted by Gasteiger charge is 2.17. The smallest absolute Gasteiger partial charge is 0.261 e. The number of hydrogen-bond acceptors (Lipinski definition) is 5. The summed E-state index contributed by atoms with van der Waals surface area (Å²) in [7, 11) is 0. The summed E-state index contributed by atoms with van der Waals surface area (Å²) in [5, 5.41) is 9.79. The van der Waals surface area contributed by atoms with E-state index in [2.05, 4.69) is 25.7 Å². The number of nitrogens with zero attached hydrogens (tertiary/aromatic N) is 4. The topological polar surface area (TPSA) is 84.7 Å². The Bertz CT molecular complexity index is 1170. The lowest BCUT2D eigenvalue weighted by atomic mass is 10.1.